The fraction of sp³-hybridized carbons (Fsp3) is 0. The number of rotatable bonds is 3. The lowest BCUT2D eigenvalue weighted by Gasteiger charge is -2.09. The lowest BCUT2D eigenvalue weighted by atomic mass is 10.1. The van der Waals surface area contributed by atoms with Gasteiger partial charge in [-0.15, -0.1) is 0 Å². The molecule has 0 aliphatic heterocycles. The number of halogens is 2. The molecule has 0 radical (unpaired) electrons. The first-order valence-electron chi connectivity index (χ1n) is 5.33. The van der Waals surface area contributed by atoms with Gasteiger partial charge < -0.3 is 16.2 Å². The van der Waals surface area contributed by atoms with E-state index in [-0.39, 0.29) is 16.9 Å². The highest BCUT2D eigenvalue weighted by atomic mass is 19.2. The van der Waals surface area contributed by atoms with E-state index in [1.165, 1.54) is 30.3 Å². The van der Waals surface area contributed by atoms with Crippen LogP contribution in [0.2, 0.25) is 0 Å². The molecule has 4 nitrogen and oxygen atoms in total. The molecule has 0 aliphatic carbocycles. The highest BCUT2D eigenvalue weighted by molar-refractivity contribution is 5.95. The minimum atomic E-state index is -1.19. The van der Waals surface area contributed by atoms with Crippen LogP contribution < -0.4 is 11.1 Å². The smallest absolute Gasteiger partial charge is 0.337 e. The van der Waals surface area contributed by atoms with Crippen molar-refractivity contribution in [3.8, 4) is 0 Å². The van der Waals surface area contributed by atoms with Crippen LogP contribution in [-0.4, -0.2) is 11.1 Å². The predicted molar refractivity (Wildman–Crippen MR) is 67.5 cm³/mol. The Balaban J connectivity index is 2.36. The Morgan fingerprint density at radius 3 is 2.63 bits per heavy atom. The summed E-state index contributed by atoms with van der Waals surface area (Å²) < 4.78 is 26.5. The van der Waals surface area contributed by atoms with Crippen LogP contribution in [0.3, 0.4) is 0 Å². The van der Waals surface area contributed by atoms with Crippen molar-refractivity contribution < 1.29 is 18.7 Å². The summed E-state index contributed by atoms with van der Waals surface area (Å²) in [6, 6.07) is 7.79. The number of nitrogens with one attached hydrogen (secondary N) is 1. The lowest BCUT2D eigenvalue weighted by Crippen LogP contribution is -2.04. The van der Waals surface area contributed by atoms with Crippen LogP contribution in [0.15, 0.2) is 36.4 Å². The third-order valence-corrected chi connectivity index (χ3v) is 2.51. The first-order chi connectivity index (χ1) is 8.99. The van der Waals surface area contributed by atoms with Crippen LogP contribution in [0.1, 0.15) is 10.4 Å². The molecule has 0 unspecified atom stereocenters. The van der Waals surface area contributed by atoms with Crippen LogP contribution in [-0.2, 0) is 0 Å². The number of aromatic carboxylic acids is 1. The summed E-state index contributed by atoms with van der Waals surface area (Å²) in [4.78, 5) is 10.9. The van der Waals surface area contributed by atoms with Gasteiger partial charge in [0.1, 0.15) is 0 Å². The number of benzene rings is 2. The summed E-state index contributed by atoms with van der Waals surface area (Å²) in [5, 5.41) is 11.5. The van der Waals surface area contributed by atoms with Crippen molar-refractivity contribution in [3.05, 3.63) is 53.6 Å². The average molecular weight is 264 g/mol. The minimum Gasteiger partial charge on any atom is -0.478 e. The van der Waals surface area contributed by atoms with Crippen molar-refractivity contribution in [2.24, 2.45) is 0 Å². The fourth-order valence-electron chi connectivity index (χ4n) is 1.58. The van der Waals surface area contributed by atoms with Crippen LogP contribution >= 0.6 is 0 Å². The van der Waals surface area contributed by atoms with Crippen LogP contribution in [0.25, 0.3) is 0 Å². The molecule has 2 aromatic carbocycles. The van der Waals surface area contributed by atoms with Crippen LogP contribution in [0.5, 0.6) is 0 Å². The summed E-state index contributed by atoms with van der Waals surface area (Å²) in [5.41, 5.74) is 5.70. The predicted octanol–water partition coefficient (Wildman–Crippen LogP) is 2.99. The average Bonchev–Trinajstić information content (AvgIpc) is 2.37. The first kappa shape index (κ1) is 12.8. The molecule has 6 heteroatoms. The van der Waals surface area contributed by atoms with E-state index in [1.807, 2.05) is 0 Å². The molecule has 0 heterocycles. The number of carboxylic acids is 1. The van der Waals surface area contributed by atoms with E-state index in [9.17, 15) is 13.6 Å². The van der Waals surface area contributed by atoms with Gasteiger partial charge >= 0.3 is 5.97 Å². The summed E-state index contributed by atoms with van der Waals surface area (Å²) in [6.45, 7) is 0. The second kappa shape index (κ2) is 4.93. The third kappa shape index (κ3) is 2.62. The topological polar surface area (TPSA) is 75.3 Å². The highest BCUT2D eigenvalue weighted by Gasteiger charge is 2.11. The van der Waals surface area contributed by atoms with Crippen molar-refractivity contribution in [1.29, 1.82) is 0 Å². The van der Waals surface area contributed by atoms with E-state index in [1.54, 1.807) is 0 Å². The molecule has 0 amide bonds. The Morgan fingerprint density at radius 2 is 1.95 bits per heavy atom. The van der Waals surface area contributed by atoms with Gasteiger partial charge in [0, 0.05) is 11.4 Å². The van der Waals surface area contributed by atoms with Crippen molar-refractivity contribution in [1.82, 2.24) is 0 Å². The maximum absolute atomic E-state index is 13.4. The lowest BCUT2D eigenvalue weighted by molar-refractivity contribution is 0.0698. The first-order valence-corrected chi connectivity index (χ1v) is 5.33. The zero-order valence-electron chi connectivity index (χ0n) is 9.65. The summed E-state index contributed by atoms with van der Waals surface area (Å²) in [6.07, 6.45) is 0. The monoisotopic (exact) mass is 264 g/mol. The van der Waals surface area contributed by atoms with Gasteiger partial charge in [-0.3, -0.25) is 0 Å². The van der Waals surface area contributed by atoms with Crippen molar-refractivity contribution >= 4 is 23.0 Å². The second-order valence-electron chi connectivity index (χ2n) is 3.83. The molecule has 0 saturated heterocycles. The van der Waals surface area contributed by atoms with Crippen molar-refractivity contribution in [2.75, 3.05) is 11.1 Å². The number of anilines is 3. The molecule has 0 spiro atoms. The van der Waals surface area contributed by atoms with Crippen LogP contribution in [0, 0.1) is 11.6 Å². The van der Waals surface area contributed by atoms with Gasteiger partial charge in [-0.2, -0.15) is 0 Å². The minimum absolute atomic E-state index is 0.0823. The van der Waals surface area contributed by atoms with Crippen molar-refractivity contribution in [2.45, 2.75) is 0 Å². The molecule has 98 valence electrons. The second-order valence-corrected chi connectivity index (χ2v) is 3.83. The SMILES string of the molecule is Nc1ccc(Nc2cccc(F)c2F)cc1C(=O)O. The molecule has 0 saturated carbocycles. The van der Waals surface area contributed by atoms with E-state index in [0.29, 0.717) is 5.69 Å². The third-order valence-electron chi connectivity index (χ3n) is 2.51. The van der Waals surface area contributed by atoms with Gasteiger partial charge in [-0.25, -0.2) is 13.6 Å². The molecule has 0 aromatic heterocycles. The molecule has 2 aromatic rings. The maximum atomic E-state index is 13.4. The number of hydrogen-bond acceptors (Lipinski definition) is 3. The van der Waals surface area contributed by atoms with E-state index in [2.05, 4.69) is 5.32 Å². The molecular formula is C13H10F2N2O2. The Morgan fingerprint density at radius 1 is 1.21 bits per heavy atom. The normalized spacial score (nSPS) is 10.2. The maximum Gasteiger partial charge on any atom is 0.337 e. The van der Waals surface area contributed by atoms with Gasteiger partial charge in [0.25, 0.3) is 0 Å². The molecule has 0 bridgehead atoms. The largest absolute Gasteiger partial charge is 0.478 e. The highest BCUT2D eigenvalue weighted by Crippen LogP contribution is 2.24. The summed E-state index contributed by atoms with van der Waals surface area (Å²) in [5.74, 6) is -3.21. The number of nitrogens with two attached hydrogens (primary N) is 1. The molecule has 4 N–H and O–H groups in total. The summed E-state index contributed by atoms with van der Waals surface area (Å²) >= 11 is 0. The van der Waals surface area contributed by atoms with E-state index >= 15 is 0 Å². The van der Waals surface area contributed by atoms with Gasteiger partial charge in [0.15, 0.2) is 11.6 Å². The van der Waals surface area contributed by atoms with Gasteiger partial charge in [0.05, 0.1) is 11.3 Å². The zero-order chi connectivity index (χ0) is 14.0. The van der Waals surface area contributed by atoms with Gasteiger partial charge in [-0.05, 0) is 30.3 Å². The molecule has 0 atom stereocenters. The molecular weight excluding hydrogens is 254 g/mol. The van der Waals surface area contributed by atoms with Crippen molar-refractivity contribution in [3.63, 3.8) is 0 Å². The Kier molecular flexibility index (Phi) is 3.33. The quantitative estimate of drug-likeness (QED) is 0.745. The zero-order valence-corrected chi connectivity index (χ0v) is 9.65. The molecule has 19 heavy (non-hydrogen) atoms. The van der Waals surface area contributed by atoms with Gasteiger partial charge in [-0.1, -0.05) is 6.07 Å². The van der Waals surface area contributed by atoms with E-state index in [0.717, 1.165) is 6.07 Å². The van der Waals surface area contributed by atoms with Crippen LogP contribution in [0.4, 0.5) is 25.8 Å². The van der Waals surface area contributed by atoms with E-state index in [4.69, 9.17) is 10.8 Å². The van der Waals surface area contributed by atoms with E-state index < -0.39 is 17.6 Å². The fourth-order valence-corrected chi connectivity index (χ4v) is 1.58. The number of carboxylic acid groups (broad SMARTS) is 1. The Bertz CT molecular complexity index is 645. The number of carbonyl (C=O) groups is 1. The standard InChI is InChI=1S/C13H10F2N2O2/c14-9-2-1-3-11(12(9)15)17-7-4-5-10(16)8(6-7)13(18)19/h1-6,17H,16H2,(H,18,19). The molecule has 2 rings (SSSR count). The van der Waals surface area contributed by atoms with Gasteiger partial charge in [0.2, 0.25) is 0 Å². The Labute approximate surface area is 107 Å². The molecule has 0 fully saturated rings. The number of hydrogen-bond donors (Lipinski definition) is 3. The Hall–Kier alpha value is -2.63. The summed E-state index contributed by atoms with van der Waals surface area (Å²) in [7, 11) is 0. The molecule has 0 aliphatic rings. The number of nitrogen functional groups attached to an aromatic ring is 1.